The third kappa shape index (κ3) is 3.94. The Bertz CT molecular complexity index is 1130. The second-order valence-corrected chi connectivity index (χ2v) is 8.60. The zero-order valence-corrected chi connectivity index (χ0v) is 16.4. The molecule has 0 radical (unpaired) electrons. The highest BCUT2D eigenvalue weighted by Gasteiger charge is 2.11. The number of fused-ring (bicyclic) bond motifs is 2. The van der Waals surface area contributed by atoms with Crippen LogP contribution in [0.15, 0.2) is 77.8 Å². The number of pyridine rings is 1. The van der Waals surface area contributed by atoms with Gasteiger partial charge >= 0.3 is 0 Å². The standard InChI is InChI=1S/C22H18N2OS2/c1-26-27-20-13-19(12-18-7-4-10-23-21(18)20)22(25)24-14-15-8-9-16-5-2-3-6-17(16)11-15/h2-13H,14H2,1H3,(H,24,25). The summed E-state index contributed by atoms with van der Waals surface area (Å²) in [5.74, 6) is -0.0723. The minimum absolute atomic E-state index is 0.0723. The molecule has 134 valence electrons. The van der Waals surface area contributed by atoms with E-state index in [1.807, 2.05) is 42.7 Å². The topological polar surface area (TPSA) is 42.0 Å². The molecule has 0 aliphatic rings. The Balaban J connectivity index is 1.56. The van der Waals surface area contributed by atoms with Crippen LogP contribution in [0.4, 0.5) is 0 Å². The van der Waals surface area contributed by atoms with Crippen molar-refractivity contribution in [1.29, 1.82) is 0 Å². The average molecular weight is 391 g/mol. The summed E-state index contributed by atoms with van der Waals surface area (Å²) in [6, 6.07) is 22.2. The Morgan fingerprint density at radius 3 is 2.63 bits per heavy atom. The molecule has 0 spiro atoms. The summed E-state index contributed by atoms with van der Waals surface area (Å²) in [4.78, 5) is 18.2. The first-order chi connectivity index (χ1) is 13.2. The number of aromatic nitrogens is 1. The van der Waals surface area contributed by atoms with E-state index < -0.39 is 0 Å². The van der Waals surface area contributed by atoms with Crippen LogP contribution in [0, 0.1) is 0 Å². The number of nitrogens with zero attached hydrogens (tertiary/aromatic N) is 1. The van der Waals surface area contributed by atoms with E-state index in [0.717, 1.165) is 21.4 Å². The highest BCUT2D eigenvalue weighted by atomic mass is 33.1. The molecule has 0 aliphatic heterocycles. The summed E-state index contributed by atoms with van der Waals surface area (Å²) in [5.41, 5.74) is 2.68. The van der Waals surface area contributed by atoms with Crippen LogP contribution < -0.4 is 5.32 Å². The lowest BCUT2D eigenvalue weighted by atomic mass is 10.1. The van der Waals surface area contributed by atoms with E-state index in [-0.39, 0.29) is 5.91 Å². The molecule has 1 aromatic heterocycles. The Hall–Kier alpha value is -2.50. The van der Waals surface area contributed by atoms with Crippen molar-refractivity contribution in [3.63, 3.8) is 0 Å². The smallest absolute Gasteiger partial charge is 0.251 e. The van der Waals surface area contributed by atoms with Crippen LogP contribution >= 0.6 is 21.6 Å². The molecule has 0 aliphatic carbocycles. The Morgan fingerprint density at radius 2 is 1.78 bits per heavy atom. The summed E-state index contributed by atoms with van der Waals surface area (Å²) in [6.07, 6.45) is 3.80. The predicted octanol–water partition coefficient (Wildman–Crippen LogP) is 5.69. The highest BCUT2D eigenvalue weighted by Crippen LogP contribution is 2.34. The van der Waals surface area contributed by atoms with Crippen molar-refractivity contribution in [3.8, 4) is 0 Å². The van der Waals surface area contributed by atoms with Gasteiger partial charge in [0.25, 0.3) is 5.91 Å². The molecule has 3 aromatic carbocycles. The first-order valence-corrected chi connectivity index (χ1v) is 11.2. The molecule has 0 saturated carbocycles. The molecule has 4 rings (SSSR count). The minimum Gasteiger partial charge on any atom is -0.348 e. The molecular formula is C22H18N2OS2. The average Bonchev–Trinajstić information content (AvgIpc) is 2.72. The predicted molar refractivity (Wildman–Crippen MR) is 116 cm³/mol. The van der Waals surface area contributed by atoms with Gasteiger partial charge in [-0.3, -0.25) is 9.78 Å². The highest BCUT2D eigenvalue weighted by molar-refractivity contribution is 8.76. The molecule has 0 fully saturated rings. The van der Waals surface area contributed by atoms with E-state index >= 15 is 0 Å². The maximum absolute atomic E-state index is 12.7. The first-order valence-electron chi connectivity index (χ1n) is 8.60. The molecule has 0 unspecified atom stereocenters. The van der Waals surface area contributed by atoms with Crippen LogP contribution in [-0.4, -0.2) is 17.1 Å². The third-order valence-electron chi connectivity index (χ3n) is 4.37. The van der Waals surface area contributed by atoms with E-state index in [9.17, 15) is 4.79 Å². The maximum atomic E-state index is 12.7. The van der Waals surface area contributed by atoms with Crippen LogP contribution in [0.25, 0.3) is 21.7 Å². The van der Waals surface area contributed by atoms with Gasteiger partial charge in [0, 0.05) is 28.6 Å². The van der Waals surface area contributed by atoms with Crippen molar-refractivity contribution < 1.29 is 4.79 Å². The number of nitrogens with one attached hydrogen (secondary N) is 1. The number of carbonyl (C=O) groups excluding carboxylic acids is 1. The van der Waals surface area contributed by atoms with Crippen molar-refractivity contribution in [2.24, 2.45) is 0 Å². The van der Waals surface area contributed by atoms with Gasteiger partial charge in [-0.15, -0.1) is 0 Å². The first kappa shape index (κ1) is 17.9. The van der Waals surface area contributed by atoms with Gasteiger partial charge < -0.3 is 5.32 Å². The van der Waals surface area contributed by atoms with Crippen LogP contribution in [0.2, 0.25) is 0 Å². The number of hydrogen-bond donors (Lipinski definition) is 1. The molecule has 0 bridgehead atoms. The summed E-state index contributed by atoms with van der Waals surface area (Å²) < 4.78 is 0. The van der Waals surface area contributed by atoms with Crippen molar-refractivity contribution in [1.82, 2.24) is 10.3 Å². The van der Waals surface area contributed by atoms with Crippen LogP contribution in [0.3, 0.4) is 0 Å². The van der Waals surface area contributed by atoms with Gasteiger partial charge in [0.15, 0.2) is 0 Å². The molecule has 1 N–H and O–H groups in total. The fraction of sp³-hybridized carbons (Fsp3) is 0.0909. The number of benzene rings is 3. The van der Waals surface area contributed by atoms with Crippen LogP contribution in [-0.2, 0) is 6.54 Å². The lowest BCUT2D eigenvalue weighted by molar-refractivity contribution is 0.0951. The summed E-state index contributed by atoms with van der Waals surface area (Å²) in [6.45, 7) is 0.500. The van der Waals surface area contributed by atoms with E-state index in [2.05, 4.69) is 40.6 Å². The third-order valence-corrected chi connectivity index (χ3v) is 6.07. The molecule has 0 saturated heterocycles. The Morgan fingerprint density at radius 1 is 0.963 bits per heavy atom. The van der Waals surface area contributed by atoms with Gasteiger partial charge in [-0.2, -0.15) is 0 Å². The minimum atomic E-state index is -0.0723. The summed E-state index contributed by atoms with van der Waals surface area (Å²) in [7, 11) is 3.27. The lowest BCUT2D eigenvalue weighted by Gasteiger charge is -2.10. The van der Waals surface area contributed by atoms with Crippen molar-refractivity contribution in [2.45, 2.75) is 11.4 Å². The Kier molecular flexibility index (Phi) is 5.32. The molecule has 0 atom stereocenters. The van der Waals surface area contributed by atoms with Gasteiger partial charge in [0.1, 0.15) is 0 Å². The molecule has 3 nitrogen and oxygen atoms in total. The van der Waals surface area contributed by atoms with Gasteiger partial charge in [-0.25, -0.2) is 0 Å². The largest absolute Gasteiger partial charge is 0.348 e. The molecule has 1 heterocycles. The number of amides is 1. The van der Waals surface area contributed by atoms with Gasteiger partial charge in [-0.05, 0) is 46.9 Å². The summed E-state index contributed by atoms with van der Waals surface area (Å²) in [5, 5.41) is 6.40. The lowest BCUT2D eigenvalue weighted by Crippen LogP contribution is -2.22. The van der Waals surface area contributed by atoms with Crippen molar-refractivity contribution >= 4 is 49.2 Å². The summed E-state index contributed by atoms with van der Waals surface area (Å²) >= 11 is 0. The van der Waals surface area contributed by atoms with E-state index in [4.69, 9.17) is 0 Å². The van der Waals surface area contributed by atoms with Crippen molar-refractivity contribution in [3.05, 3.63) is 84.1 Å². The fourth-order valence-electron chi connectivity index (χ4n) is 3.08. The quantitative estimate of drug-likeness (QED) is 0.445. The van der Waals surface area contributed by atoms with Gasteiger partial charge in [0.05, 0.1) is 5.52 Å². The SMILES string of the molecule is CSSc1cc(C(=O)NCc2ccc3ccccc3c2)cc2cccnc12. The number of rotatable bonds is 5. The monoisotopic (exact) mass is 390 g/mol. The number of carbonyl (C=O) groups is 1. The fourth-order valence-corrected chi connectivity index (χ4v) is 4.60. The second-order valence-electron chi connectivity index (χ2n) is 6.16. The molecule has 1 amide bonds. The van der Waals surface area contributed by atoms with Crippen molar-refractivity contribution in [2.75, 3.05) is 6.26 Å². The Labute approximate surface area is 166 Å². The van der Waals surface area contributed by atoms with Gasteiger partial charge in [0.2, 0.25) is 0 Å². The van der Waals surface area contributed by atoms with E-state index in [1.165, 1.54) is 10.8 Å². The molecular weight excluding hydrogens is 372 g/mol. The zero-order valence-electron chi connectivity index (χ0n) is 14.8. The normalized spacial score (nSPS) is 11.0. The van der Waals surface area contributed by atoms with E-state index in [0.29, 0.717) is 12.1 Å². The van der Waals surface area contributed by atoms with Crippen LogP contribution in [0.1, 0.15) is 15.9 Å². The zero-order chi connectivity index (χ0) is 18.6. The van der Waals surface area contributed by atoms with E-state index in [1.54, 1.807) is 27.8 Å². The number of hydrogen-bond acceptors (Lipinski definition) is 4. The maximum Gasteiger partial charge on any atom is 0.251 e. The second kappa shape index (κ2) is 8.03. The molecule has 5 heteroatoms. The van der Waals surface area contributed by atoms with Crippen LogP contribution in [0.5, 0.6) is 0 Å². The molecule has 27 heavy (non-hydrogen) atoms. The van der Waals surface area contributed by atoms with Gasteiger partial charge in [-0.1, -0.05) is 64.1 Å². The molecule has 4 aromatic rings.